The van der Waals surface area contributed by atoms with Gasteiger partial charge in [0.25, 0.3) is 11.5 Å². The number of imidazole rings is 1. The number of carbonyl (C=O) groups excluding carboxylic acids is 1. The molecule has 0 saturated heterocycles. The van der Waals surface area contributed by atoms with Gasteiger partial charge in [0.15, 0.2) is 5.69 Å². The first-order valence-electron chi connectivity index (χ1n) is 10.5. The molecule has 1 N–H and O–H groups in total. The summed E-state index contributed by atoms with van der Waals surface area (Å²) in [5.74, 6) is 0.582. The molecule has 31 heavy (non-hydrogen) atoms. The molecule has 0 aliphatic carbocycles. The van der Waals surface area contributed by atoms with Crippen molar-refractivity contribution in [1.82, 2.24) is 24.6 Å². The van der Waals surface area contributed by atoms with E-state index in [9.17, 15) is 9.59 Å². The van der Waals surface area contributed by atoms with Gasteiger partial charge in [-0.15, -0.1) is 0 Å². The third-order valence-electron chi connectivity index (χ3n) is 5.54. The SMILES string of the molecule is CC(C)C(NC(=O)c1nn(C)c(=O)c2ccccc12)c1nc2ccccc2n1C(C)C. The van der Waals surface area contributed by atoms with Crippen LogP contribution >= 0.6 is 0 Å². The van der Waals surface area contributed by atoms with Crippen LogP contribution in [0.5, 0.6) is 0 Å². The lowest BCUT2D eigenvalue weighted by atomic mass is 10.0. The first kappa shape index (κ1) is 20.8. The van der Waals surface area contributed by atoms with Gasteiger partial charge in [0, 0.05) is 18.5 Å². The van der Waals surface area contributed by atoms with Crippen LogP contribution in [0.1, 0.15) is 56.1 Å². The Kier molecular flexibility index (Phi) is 5.35. The van der Waals surface area contributed by atoms with Gasteiger partial charge in [0.1, 0.15) is 5.82 Å². The number of nitrogens with one attached hydrogen (secondary N) is 1. The van der Waals surface area contributed by atoms with E-state index in [1.807, 2.05) is 24.3 Å². The Labute approximate surface area is 180 Å². The van der Waals surface area contributed by atoms with Gasteiger partial charge < -0.3 is 9.88 Å². The van der Waals surface area contributed by atoms with Crippen LogP contribution in [0.2, 0.25) is 0 Å². The lowest BCUT2D eigenvalue weighted by Gasteiger charge is -2.25. The number of nitrogens with zero attached hydrogens (tertiary/aromatic N) is 4. The predicted octanol–water partition coefficient (Wildman–Crippen LogP) is 3.99. The number of benzene rings is 2. The second-order valence-corrected chi connectivity index (χ2v) is 8.44. The maximum absolute atomic E-state index is 13.4. The zero-order chi connectivity index (χ0) is 22.3. The van der Waals surface area contributed by atoms with Crippen LogP contribution in [0.3, 0.4) is 0 Å². The number of para-hydroxylation sites is 2. The summed E-state index contributed by atoms with van der Waals surface area (Å²) in [6.07, 6.45) is 0. The number of fused-ring (bicyclic) bond motifs is 2. The molecular weight excluding hydrogens is 390 g/mol. The molecule has 1 amide bonds. The average molecular weight is 418 g/mol. The van der Waals surface area contributed by atoms with Gasteiger partial charge in [-0.05, 0) is 38.0 Å². The molecule has 0 spiro atoms. The van der Waals surface area contributed by atoms with Crippen molar-refractivity contribution in [3.8, 4) is 0 Å². The molecule has 1 unspecified atom stereocenters. The molecule has 0 radical (unpaired) electrons. The molecule has 160 valence electrons. The summed E-state index contributed by atoms with van der Waals surface area (Å²) in [5.41, 5.74) is 1.94. The molecular formula is C24H27N5O2. The number of carbonyl (C=O) groups is 1. The van der Waals surface area contributed by atoms with Crippen LogP contribution < -0.4 is 10.9 Å². The maximum atomic E-state index is 13.4. The van der Waals surface area contributed by atoms with Crippen molar-refractivity contribution >= 4 is 27.7 Å². The van der Waals surface area contributed by atoms with Crippen molar-refractivity contribution in [3.05, 3.63) is 70.4 Å². The predicted molar refractivity (Wildman–Crippen MR) is 122 cm³/mol. The zero-order valence-corrected chi connectivity index (χ0v) is 18.5. The molecule has 1 atom stereocenters. The zero-order valence-electron chi connectivity index (χ0n) is 18.5. The molecule has 2 heterocycles. The Balaban J connectivity index is 1.81. The van der Waals surface area contributed by atoms with E-state index in [1.54, 1.807) is 31.3 Å². The maximum Gasteiger partial charge on any atom is 0.274 e. The summed E-state index contributed by atoms with van der Waals surface area (Å²) in [6, 6.07) is 14.9. The van der Waals surface area contributed by atoms with E-state index in [0.29, 0.717) is 10.8 Å². The Morgan fingerprint density at radius 1 is 0.968 bits per heavy atom. The molecule has 0 saturated carbocycles. The Hall–Kier alpha value is -3.48. The van der Waals surface area contributed by atoms with Crippen LogP contribution in [0, 0.1) is 5.92 Å². The minimum absolute atomic E-state index is 0.0945. The Bertz CT molecular complexity index is 1330. The smallest absolute Gasteiger partial charge is 0.274 e. The van der Waals surface area contributed by atoms with Gasteiger partial charge in [-0.2, -0.15) is 5.10 Å². The van der Waals surface area contributed by atoms with E-state index in [-0.39, 0.29) is 35.2 Å². The van der Waals surface area contributed by atoms with Gasteiger partial charge in [-0.1, -0.05) is 44.2 Å². The lowest BCUT2D eigenvalue weighted by molar-refractivity contribution is 0.0916. The third kappa shape index (κ3) is 3.60. The highest BCUT2D eigenvalue weighted by Crippen LogP contribution is 2.29. The summed E-state index contributed by atoms with van der Waals surface area (Å²) in [7, 11) is 1.56. The van der Waals surface area contributed by atoms with Gasteiger partial charge in [-0.25, -0.2) is 9.67 Å². The molecule has 7 heteroatoms. The highest BCUT2D eigenvalue weighted by Gasteiger charge is 2.27. The lowest BCUT2D eigenvalue weighted by Crippen LogP contribution is -2.36. The molecule has 0 bridgehead atoms. The van der Waals surface area contributed by atoms with Crippen molar-refractivity contribution < 1.29 is 4.79 Å². The quantitative estimate of drug-likeness (QED) is 0.532. The summed E-state index contributed by atoms with van der Waals surface area (Å²) >= 11 is 0. The summed E-state index contributed by atoms with van der Waals surface area (Å²) in [4.78, 5) is 30.7. The van der Waals surface area contributed by atoms with Crippen LogP contribution in [0.4, 0.5) is 0 Å². The fraction of sp³-hybridized carbons (Fsp3) is 0.333. The van der Waals surface area contributed by atoms with E-state index < -0.39 is 0 Å². The van der Waals surface area contributed by atoms with E-state index in [2.05, 4.69) is 42.7 Å². The van der Waals surface area contributed by atoms with E-state index in [1.165, 1.54) is 4.68 Å². The summed E-state index contributed by atoms with van der Waals surface area (Å²) in [5, 5.41) is 8.43. The fourth-order valence-corrected chi connectivity index (χ4v) is 4.03. The van der Waals surface area contributed by atoms with Gasteiger partial charge in [0.05, 0.1) is 22.5 Å². The van der Waals surface area contributed by atoms with Crippen molar-refractivity contribution in [2.75, 3.05) is 0 Å². The van der Waals surface area contributed by atoms with Crippen molar-refractivity contribution in [2.45, 2.75) is 39.8 Å². The molecule has 0 aliphatic rings. The van der Waals surface area contributed by atoms with Crippen LogP contribution in [-0.4, -0.2) is 25.2 Å². The highest BCUT2D eigenvalue weighted by molar-refractivity contribution is 6.04. The molecule has 7 nitrogen and oxygen atoms in total. The standard InChI is InChI=1S/C24H27N5O2/c1-14(2)20(22-25-18-12-8-9-13-19(18)29(22)15(3)4)26-23(30)21-16-10-6-7-11-17(16)24(31)28(5)27-21/h6-15,20H,1-5H3,(H,26,30). The minimum Gasteiger partial charge on any atom is -0.340 e. The molecule has 2 aromatic heterocycles. The van der Waals surface area contributed by atoms with Crippen molar-refractivity contribution in [3.63, 3.8) is 0 Å². The van der Waals surface area contributed by atoms with Gasteiger partial charge >= 0.3 is 0 Å². The van der Waals surface area contributed by atoms with E-state index in [4.69, 9.17) is 4.98 Å². The van der Waals surface area contributed by atoms with Crippen molar-refractivity contribution in [1.29, 1.82) is 0 Å². The number of hydrogen-bond donors (Lipinski definition) is 1. The van der Waals surface area contributed by atoms with Gasteiger partial charge in [-0.3, -0.25) is 9.59 Å². The molecule has 2 aromatic carbocycles. The van der Waals surface area contributed by atoms with E-state index in [0.717, 1.165) is 16.9 Å². The van der Waals surface area contributed by atoms with Crippen molar-refractivity contribution in [2.24, 2.45) is 13.0 Å². The fourth-order valence-electron chi connectivity index (χ4n) is 4.03. The van der Waals surface area contributed by atoms with Crippen LogP contribution in [0.25, 0.3) is 21.8 Å². The van der Waals surface area contributed by atoms with Crippen LogP contribution in [0.15, 0.2) is 53.3 Å². The van der Waals surface area contributed by atoms with E-state index >= 15 is 0 Å². The third-order valence-corrected chi connectivity index (χ3v) is 5.54. The van der Waals surface area contributed by atoms with Gasteiger partial charge in [0.2, 0.25) is 0 Å². The molecule has 0 aliphatic heterocycles. The first-order chi connectivity index (χ1) is 14.8. The minimum atomic E-state index is -0.326. The number of aryl methyl sites for hydroxylation is 1. The van der Waals surface area contributed by atoms with Crippen LogP contribution in [-0.2, 0) is 7.05 Å². The second-order valence-electron chi connectivity index (χ2n) is 8.44. The molecule has 4 aromatic rings. The number of aromatic nitrogens is 4. The topological polar surface area (TPSA) is 81.8 Å². The number of rotatable bonds is 5. The highest BCUT2D eigenvalue weighted by atomic mass is 16.2. The summed E-state index contributed by atoms with van der Waals surface area (Å²) < 4.78 is 3.39. The Morgan fingerprint density at radius 2 is 1.61 bits per heavy atom. The molecule has 0 fully saturated rings. The normalized spacial score (nSPS) is 12.7. The Morgan fingerprint density at radius 3 is 2.29 bits per heavy atom. The molecule has 4 rings (SSSR count). The number of hydrogen-bond acceptors (Lipinski definition) is 4. The average Bonchev–Trinajstić information content (AvgIpc) is 3.13. The largest absolute Gasteiger partial charge is 0.340 e. The second kappa shape index (κ2) is 7.98. The number of amides is 1. The summed E-state index contributed by atoms with van der Waals surface area (Å²) in [6.45, 7) is 8.33. The monoisotopic (exact) mass is 417 g/mol. The first-order valence-corrected chi connectivity index (χ1v) is 10.5.